The second-order valence-electron chi connectivity index (χ2n) is 9.79. The number of hydrogen-bond acceptors (Lipinski definition) is 11. The van der Waals surface area contributed by atoms with Crippen LogP contribution in [0.4, 0.5) is 0 Å². The molecule has 7 atom stereocenters. The van der Waals surface area contributed by atoms with Crippen molar-refractivity contribution in [3.63, 3.8) is 0 Å². The lowest BCUT2D eigenvalue weighted by atomic mass is 9.73. The van der Waals surface area contributed by atoms with Gasteiger partial charge in [0.1, 0.15) is 35.4 Å². The zero-order valence-corrected chi connectivity index (χ0v) is 20.2. The van der Waals surface area contributed by atoms with E-state index >= 15 is 0 Å². The number of phenols is 2. The van der Waals surface area contributed by atoms with Crippen molar-refractivity contribution >= 4 is 17.3 Å². The first kappa shape index (κ1) is 25.5. The van der Waals surface area contributed by atoms with E-state index in [0.29, 0.717) is 0 Å². The van der Waals surface area contributed by atoms with Crippen LogP contribution in [-0.4, -0.2) is 86.3 Å². The van der Waals surface area contributed by atoms with Crippen LogP contribution in [0.3, 0.4) is 0 Å². The first-order valence-corrected chi connectivity index (χ1v) is 11.7. The molecule has 1 aliphatic heterocycles. The first-order chi connectivity index (χ1) is 17.4. The minimum atomic E-state index is -1.97. The molecule has 0 spiro atoms. The van der Waals surface area contributed by atoms with Gasteiger partial charge in [0.15, 0.2) is 17.9 Å². The van der Waals surface area contributed by atoms with E-state index in [1.807, 2.05) is 0 Å². The normalized spacial score (nSPS) is 33.1. The van der Waals surface area contributed by atoms with Crippen molar-refractivity contribution in [2.45, 2.75) is 62.7 Å². The number of ketones is 3. The molecule has 37 heavy (non-hydrogen) atoms. The van der Waals surface area contributed by atoms with Gasteiger partial charge in [-0.2, -0.15) is 0 Å². The van der Waals surface area contributed by atoms with Crippen molar-refractivity contribution in [3.05, 3.63) is 57.6 Å². The van der Waals surface area contributed by atoms with Gasteiger partial charge >= 0.3 is 0 Å². The number of hydrogen-bond donors (Lipinski definition) is 5. The largest absolute Gasteiger partial charge is 0.507 e. The third kappa shape index (κ3) is 3.69. The Bertz CT molecular complexity index is 1330. The number of methoxy groups -OCH3 is 1. The van der Waals surface area contributed by atoms with Crippen LogP contribution < -0.4 is 0 Å². The summed E-state index contributed by atoms with van der Waals surface area (Å²) in [7, 11) is 1.27. The molecule has 2 aromatic carbocycles. The van der Waals surface area contributed by atoms with Crippen molar-refractivity contribution < 1.29 is 54.1 Å². The molecule has 2 aromatic rings. The smallest absolute Gasteiger partial charge is 0.201 e. The third-order valence-corrected chi connectivity index (χ3v) is 7.32. The maximum absolute atomic E-state index is 13.4. The average molecular weight is 514 g/mol. The van der Waals surface area contributed by atoms with Gasteiger partial charge in [-0.15, -0.1) is 0 Å². The minimum absolute atomic E-state index is 0.0836. The summed E-state index contributed by atoms with van der Waals surface area (Å²) in [5, 5.41) is 53.1. The van der Waals surface area contributed by atoms with Crippen LogP contribution in [0.2, 0.25) is 0 Å². The van der Waals surface area contributed by atoms with Crippen LogP contribution in [0.5, 0.6) is 11.5 Å². The molecule has 0 saturated carbocycles. The third-order valence-electron chi connectivity index (χ3n) is 7.32. The van der Waals surface area contributed by atoms with E-state index in [9.17, 15) is 39.9 Å². The molecule has 5 N–H and O–H groups in total. The fourth-order valence-electron chi connectivity index (χ4n) is 5.33. The summed E-state index contributed by atoms with van der Waals surface area (Å²) in [4.78, 5) is 39.8. The number of benzene rings is 2. The summed E-state index contributed by atoms with van der Waals surface area (Å²) in [5.74, 6) is -3.44. The summed E-state index contributed by atoms with van der Waals surface area (Å²) in [6, 6.07) is 5.12. The zero-order chi connectivity index (χ0) is 27.0. The van der Waals surface area contributed by atoms with E-state index in [1.54, 1.807) is 0 Å². The number of carbonyl (C=O) groups is 3. The Hall–Kier alpha value is -3.19. The van der Waals surface area contributed by atoms with Crippen LogP contribution >= 0.6 is 0 Å². The predicted octanol–water partition coefficient (Wildman–Crippen LogP) is 0.750. The number of aliphatic hydroxyl groups is 3. The van der Waals surface area contributed by atoms with E-state index in [-0.39, 0.29) is 34.2 Å². The van der Waals surface area contributed by atoms with Gasteiger partial charge in [0, 0.05) is 35.8 Å². The summed E-state index contributed by atoms with van der Waals surface area (Å²) in [6.45, 7) is 2.76. The molecule has 0 radical (unpaired) electrons. The van der Waals surface area contributed by atoms with Crippen molar-refractivity contribution in [1.82, 2.24) is 0 Å². The van der Waals surface area contributed by atoms with E-state index < -0.39 is 76.8 Å². The fourth-order valence-corrected chi connectivity index (χ4v) is 5.33. The summed E-state index contributed by atoms with van der Waals surface area (Å²) < 4.78 is 17.0. The molecule has 1 saturated heterocycles. The lowest BCUT2D eigenvalue weighted by molar-refractivity contribution is -0.312. The number of fused-ring (bicyclic) bond motifs is 3. The van der Waals surface area contributed by atoms with Crippen molar-refractivity contribution in [3.8, 4) is 11.5 Å². The minimum Gasteiger partial charge on any atom is -0.507 e. The molecule has 1 fully saturated rings. The van der Waals surface area contributed by atoms with Gasteiger partial charge in [-0.05, 0) is 26.0 Å². The quantitative estimate of drug-likeness (QED) is 0.333. The maximum Gasteiger partial charge on any atom is 0.201 e. The first-order valence-electron chi connectivity index (χ1n) is 11.7. The second-order valence-corrected chi connectivity index (χ2v) is 9.79. The van der Waals surface area contributed by atoms with E-state index in [4.69, 9.17) is 14.2 Å². The summed E-state index contributed by atoms with van der Waals surface area (Å²) >= 11 is 0. The molecule has 0 amide bonds. The Morgan fingerprint density at radius 3 is 2.38 bits per heavy atom. The van der Waals surface area contributed by atoms with Gasteiger partial charge in [0.2, 0.25) is 5.78 Å². The van der Waals surface area contributed by atoms with Gasteiger partial charge in [-0.3, -0.25) is 14.4 Å². The highest BCUT2D eigenvalue weighted by atomic mass is 16.7. The van der Waals surface area contributed by atoms with Crippen LogP contribution in [0.15, 0.2) is 24.3 Å². The highest BCUT2D eigenvalue weighted by molar-refractivity contribution is 6.31. The van der Waals surface area contributed by atoms with E-state index in [2.05, 4.69) is 0 Å². The van der Waals surface area contributed by atoms with E-state index in [1.165, 1.54) is 39.2 Å². The number of ether oxygens (including phenoxy) is 3. The molecule has 7 unspecified atom stereocenters. The number of carbonyl (C=O) groups excluding carboxylic acids is 3. The lowest BCUT2D eigenvalue weighted by Crippen LogP contribution is -2.58. The maximum atomic E-state index is 13.4. The average Bonchev–Trinajstić information content (AvgIpc) is 2.83. The number of phenolic OH excluding ortho intramolecular Hbond substituents is 2. The van der Waals surface area contributed by atoms with Crippen LogP contribution in [0.1, 0.15) is 74.1 Å². The van der Waals surface area contributed by atoms with Crippen molar-refractivity contribution in [2.24, 2.45) is 0 Å². The van der Waals surface area contributed by atoms with Gasteiger partial charge in [0.05, 0.1) is 23.3 Å². The Kier molecular flexibility index (Phi) is 5.98. The molecular weight excluding hydrogens is 488 g/mol. The molecule has 1 heterocycles. The van der Waals surface area contributed by atoms with Crippen LogP contribution in [0, 0.1) is 0 Å². The molecule has 11 heteroatoms. The van der Waals surface area contributed by atoms with Crippen LogP contribution in [-0.2, 0) is 14.2 Å². The molecule has 196 valence electrons. The van der Waals surface area contributed by atoms with Crippen molar-refractivity contribution in [1.29, 1.82) is 0 Å². The topological polar surface area (TPSA) is 180 Å². The summed E-state index contributed by atoms with van der Waals surface area (Å²) in [5.41, 5.74) is -3.36. The molecular formula is C26H26O11. The Morgan fingerprint density at radius 2 is 1.70 bits per heavy atom. The number of aliphatic hydroxyl groups excluding tert-OH is 2. The molecule has 0 bridgehead atoms. The van der Waals surface area contributed by atoms with Gasteiger partial charge in [0.25, 0.3) is 0 Å². The van der Waals surface area contributed by atoms with Crippen molar-refractivity contribution in [2.75, 3.05) is 7.11 Å². The number of aromatic hydroxyl groups is 2. The lowest BCUT2D eigenvalue weighted by Gasteiger charge is -2.43. The second kappa shape index (κ2) is 8.69. The SMILES string of the molecule is COC1C(OC2CC(C)(O)C(=O)c3cc4c(c(O)c32)C(=O)c2c(O)cccc2C4=O)OC(C)C(O)C1O. The van der Waals surface area contributed by atoms with Gasteiger partial charge < -0.3 is 39.7 Å². The van der Waals surface area contributed by atoms with Gasteiger partial charge in [-0.1, -0.05) is 12.1 Å². The number of rotatable bonds is 3. The molecule has 3 aliphatic rings. The Balaban J connectivity index is 1.65. The molecule has 0 aromatic heterocycles. The summed E-state index contributed by atoms with van der Waals surface area (Å²) in [6.07, 6.45) is -7.60. The highest BCUT2D eigenvalue weighted by Gasteiger charge is 2.50. The molecule has 2 aliphatic carbocycles. The number of Topliss-reactive ketones (excluding diaryl/α,β-unsaturated/α-hetero) is 1. The molecule has 11 nitrogen and oxygen atoms in total. The Labute approximate surface area is 210 Å². The molecule has 5 rings (SSSR count). The highest BCUT2D eigenvalue weighted by Crippen LogP contribution is 2.48. The predicted molar refractivity (Wildman–Crippen MR) is 124 cm³/mol. The fraction of sp³-hybridized carbons (Fsp3) is 0.423. The van der Waals surface area contributed by atoms with E-state index in [0.717, 1.165) is 6.07 Å². The monoisotopic (exact) mass is 514 g/mol. The standard InChI is InChI=1S/C26H26O11/c1-9-18(28)22(32)23(35-3)25(36-9)37-14-8-26(2,34)24(33)12-7-11-17(21(31)16(12)14)20(30)15-10(19(11)29)5-4-6-13(15)27/h4-7,9,14,18,22-23,25,27-28,31-32,34H,8H2,1-3H3. The van der Waals surface area contributed by atoms with Gasteiger partial charge in [-0.25, -0.2) is 0 Å². The zero-order valence-electron chi connectivity index (χ0n) is 20.2. The van der Waals surface area contributed by atoms with Crippen LogP contribution in [0.25, 0.3) is 0 Å². The Morgan fingerprint density at radius 1 is 1.00 bits per heavy atom.